The van der Waals surface area contributed by atoms with Gasteiger partial charge in [-0.2, -0.15) is 0 Å². The lowest BCUT2D eigenvalue weighted by molar-refractivity contribution is -0.385. The zero-order chi connectivity index (χ0) is 13.4. The second-order valence-electron chi connectivity index (χ2n) is 4.02. The fraction of sp³-hybridized carbons (Fsp3) is 0.538. The summed E-state index contributed by atoms with van der Waals surface area (Å²) in [5.74, 6) is 0.273. The second-order valence-corrected chi connectivity index (χ2v) is 4.02. The predicted molar refractivity (Wildman–Crippen MR) is 68.8 cm³/mol. The standard InChI is InChI=1S/C13H19NO4/c1-3-4-5-8-18-10-11-6-7-13(17-2)12(9-11)14(15)16/h6-7,9H,3-5,8,10H2,1-2H3. The zero-order valence-electron chi connectivity index (χ0n) is 10.8. The first kappa shape index (κ1) is 14.4. The van der Waals surface area contributed by atoms with E-state index in [1.807, 2.05) is 0 Å². The maximum absolute atomic E-state index is 10.8. The summed E-state index contributed by atoms with van der Waals surface area (Å²) in [6, 6.07) is 4.88. The normalized spacial score (nSPS) is 10.3. The van der Waals surface area contributed by atoms with Crippen molar-refractivity contribution in [3.63, 3.8) is 0 Å². The first-order valence-corrected chi connectivity index (χ1v) is 6.08. The van der Waals surface area contributed by atoms with Gasteiger partial charge in [-0.3, -0.25) is 10.1 Å². The molecule has 0 aliphatic heterocycles. The van der Waals surface area contributed by atoms with Gasteiger partial charge in [0.25, 0.3) is 0 Å². The van der Waals surface area contributed by atoms with Gasteiger partial charge >= 0.3 is 5.69 Å². The van der Waals surface area contributed by atoms with E-state index in [0.29, 0.717) is 13.2 Å². The number of hydrogen-bond acceptors (Lipinski definition) is 4. The lowest BCUT2D eigenvalue weighted by Crippen LogP contribution is -1.98. The molecule has 0 saturated carbocycles. The van der Waals surface area contributed by atoms with Gasteiger partial charge in [-0.05, 0) is 18.1 Å². The molecule has 0 spiro atoms. The van der Waals surface area contributed by atoms with Crippen LogP contribution in [0, 0.1) is 10.1 Å². The average molecular weight is 253 g/mol. The van der Waals surface area contributed by atoms with Crippen molar-refractivity contribution in [2.24, 2.45) is 0 Å². The number of nitrogens with zero attached hydrogens (tertiary/aromatic N) is 1. The molecule has 0 amide bonds. The Bertz CT molecular complexity index is 393. The summed E-state index contributed by atoms with van der Waals surface area (Å²) < 4.78 is 10.4. The predicted octanol–water partition coefficient (Wildman–Crippen LogP) is 3.31. The van der Waals surface area contributed by atoms with E-state index in [0.717, 1.165) is 24.8 Å². The SMILES string of the molecule is CCCCCOCc1ccc(OC)c([N+](=O)[O-])c1. The van der Waals surface area contributed by atoms with Crippen LogP contribution in [0.3, 0.4) is 0 Å². The Balaban J connectivity index is 2.56. The summed E-state index contributed by atoms with van der Waals surface area (Å²) in [5.41, 5.74) is 0.770. The molecule has 0 heterocycles. The van der Waals surface area contributed by atoms with E-state index in [-0.39, 0.29) is 11.4 Å². The third kappa shape index (κ3) is 4.33. The lowest BCUT2D eigenvalue weighted by atomic mass is 10.2. The molecule has 0 aliphatic rings. The summed E-state index contributed by atoms with van der Waals surface area (Å²) >= 11 is 0. The molecule has 0 saturated heterocycles. The summed E-state index contributed by atoms with van der Waals surface area (Å²) in [6.07, 6.45) is 3.31. The zero-order valence-corrected chi connectivity index (χ0v) is 10.8. The molecule has 0 N–H and O–H groups in total. The molecular formula is C13H19NO4. The quantitative estimate of drug-likeness (QED) is 0.405. The van der Waals surface area contributed by atoms with E-state index >= 15 is 0 Å². The van der Waals surface area contributed by atoms with Gasteiger partial charge in [0, 0.05) is 12.7 Å². The van der Waals surface area contributed by atoms with Crippen molar-refractivity contribution < 1.29 is 14.4 Å². The third-order valence-corrected chi connectivity index (χ3v) is 2.60. The number of rotatable bonds is 8. The Hall–Kier alpha value is -1.62. The van der Waals surface area contributed by atoms with Crippen molar-refractivity contribution >= 4 is 5.69 Å². The first-order valence-electron chi connectivity index (χ1n) is 6.08. The van der Waals surface area contributed by atoms with E-state index < -0.39 is 4.92 Å². The number of benzene rings is 1. The van der Waals surface area contributed by atoms with Crippen LogP contribution in [-0.4, -0.2) is 18.6 Å². The molecular weight excluding hydrogens is 234 g/mol. The van der Waals surface area contributed by atoms with E-state index in [2.05, 4.69) is 6.92 Å². The van der Waals surface area contributed by atoms with Gasteiger partial charge in [-0.15, -0.1) is 0 Å². The van der Waals surface area contributed by atoms with Crippen LogP contribution in [0.4, 0.5) is 5.69 Å². The summed E-state index contributed by atoms with van der Waals surface area (Å²) in [7, 11) is 1.42. The molecule has 100 valence electrons. The lowest BCUT2D eigenvalue weighted by Gasteiger charge is -2.06. The van der Waals surface area contributed by atoms with E-state index in [4.69, 9.17) is 9.47 Å². The van der Waals surface area contributed by atoms with Crippen LogP contribution in [0.15, 0.2) is 18.2 Å². The number of nitro benzene ring substituents is 1. The number of methoxy groups -OCH3 is 1. The van der Waals surface area contributed by atoms with E-state index in [1.54, 1.807) is 12.1 Å². The third-order valence-electron chi connectivity index (χ3n) is 2.60. The van der Waals surface area contributed by atoms with Gasteiger partial charge in [0.15, 0.2) is 5.75 Å². The van der Waals surface area contributed by atoms with Crippen LogP contribution < -0.4 is 4.74 Å². The first-order chi connectivity index (χ1) is 8.69. The topological polar surface area (TPSA) is 61.6 Å². The second kappa shape index (κ2) is 7.66. The van der Waals surface area contributed by atoms with E-state index in [1.165, 1.54) is 13.2 Å². The van der Waals surface area contributed by atoms with Crippen LogP contribution in [0.5, 0.6) is 5.75 Å². The Morgan fingerprint density at radius 3 is 2.72 bits per heavy atom. The smallest absolute Gasteiger partial charge is 0.311 e. The largest absolute Gasteiger partial charge is 0.490 e. The van der Waals surface area contributed by atoms with Crippen molar-refractivity contribution in [3.05, 3.63) is 33.9 Å². The number of hydrogen-bond donors (Lipinski definition) is 0. The van der Waals surface area contributed by atoms with Crippen molar-refractivity contribution in [2.75, 3.05) is 13.7 Å². The highest BCUT2D eigenvalue weighted by atomic mass is 16.6. The Kier molecular flexibility index (Phi) is 6.14. The highest BCUT2D eigenvalue weighted by molar-refractivity contribution is 5.48. The molecule has 18 heavy (non-hydrogen) atoms. The van der Waals surface area contributed by atoms with Crippen LogP contribution >= 0.6 is 0 Å². The van der Waals surface area contributed by atoms with Gasteiger partial charge in [0.05, 0.1) is 18.6 Å². The molecule has 5 nitrogen and oxygen atoms in total. The molecule has 0 unspecified atom stereocenters. The highest BCUT2D eigenvalue weighted by Crippen LogP contribution is 2.27. The van der Waals surface area contributed by atoms with Gasteiger partial charge in [-0.25, -0.2) is 0 Å². The Labute approximate surface area is 107 Å². The fourth-order valence-electron chi connectivity index (χ4n) is 1.61. The Morgan fingerprint density at radius 2 is 2.11 bits per heavy atom. The number of nitro groups is 1. The van der Waals surface area contributed by atoms with Gasteiger partial charge < -0.3 is 9.47 Å². The molecule has 0 aromatic heterocycles. The van der Waals surface area contributed by atoms with Crippen LogP contribution in [0.1, 0.15) is 31.7 Å². The molecule has 0 bridgehead atoms. The minimum atomic E-state index is -0.445. The molecule has 5 heteroatoms. The molecule has 0 fully saturated rings. The maximum atomic E-state index is 10.8. The van der Waals surface area contributed by atoms with Gasteiger partial charge in [0.2, 0.25) is 0 Å². The maximum Gasteiger partial charge on any atom is 0.311 e. The Morgan fingerprint density at radius 1 is 1.33 bits per heavy atom. The molecule has 1 rings (SSSR count). The van der Waals surface area contributed by atoms with Crippen molar-refractivity contribution in [3.8, 4) is 5.75 Å². The fourth-order valence-corrected chi connectivity index (χ4v) is 1.61. The van der Waals surface area contributed by atoms with Gasteiger partial charge in [-0.1, -0.05) is 25.8 Å². The minimum Gasteiger partial charge on any atom is -0.490 e. The number of ether oxygens (including phenoxy) is 2. The minimum absolute atomic E-state index is 0.0211. The average Bonchev–Trinajstić information content (AvgIpc) is 2.38. The van der Waals surface area contributed by atoms with Crippen molar-refractivity contribution in [1.29, 1.82) is 0 Å². The molecule has 0 radical (unpaired) electrons. The summed E-state index contributed by atoms with van der Waals surface area (Å²) in [5, 5.41) is 10.8. The highest BCUT2D eigenvalue weighted by Gasteiger charge is 2.14. The van der Waals surface area contributed by atoms with Crippen molar-refractivity contribution in [2.45, 2.75) is 32.8 Å². The molecule has 0 aliphatic carbocycles. The number of unbranched alkanes of at least 4 members (excludes halogenated alkanes) is 2. The monoisotopic (exact) mass is 253 g/mol. The molecule has 0 atom stereocenters. The van der Waals surface area contributed by atoms with E-state index in [9.17, 15) is 10.1 Å². The van der Waals surface area contributed by atoms with Gasteiger partial charge in [0.1, 0.15) is 0 Å². The summed E-state index contributed by atoms with van der Waals surface area (Å²) in [4.78, 5) is 10.4. The molecule has 1 aromatic carbocycles. The van der Waals surface area contributed by atoms with Crippen LogP contribution in [0.2, 0.25) is 0 Å². The van der Waals surface area contributed by atoms with Crippen LogP contribution in [0.25, 0.3) is 0 Å². The summed E-state index contributed by atoms with van der Waals surface area (Å²) in [6.45, 7) is 3.22. The van der Waals surface area contributed by atoms with Crippen LogP contribution in [-0.2, 0) is 11.3 Å². The molecule has 1 aromatic rings. The van der Waals surface area contributed by atoms with Crippen molar-refractivity contribution in [1.82, 2.24) is 0 Å².